The number of allylic oxidation sites excluding steroid dienone is 4. The Morgan fingerprint density at radius 3 is 1.54 bits per heavy atom. The van der Waals surface area contributed by atoms with E-state index in [2.05, 4.69) is 180 Å². The van der Waals surface area contributed by atoms with Crippen LogP contribution in [0, 0.1) is 13.8 Å². The van der Waals surface area contributed by atoms with Crippen molar-refractivity contribution in [2.24, 2.45) is 0 Å². The van der Waals surface area contributed by atoms with E-state index < -0.39 is 18.3 Å². The molecule has 0 unspecified atom stereocenters. The van der Waals surface area contributed by atoms with E-state index in [-0.39, 0.29) is 41.9 Å². The van der Waals surface area contributed by atoms with Crippen molar-refractivity contribution >= 4 is 32.3 Å². The average molecular weight is 787 g/mol. The van der Waals surface area contributed by atoms with Crippen LogP contribution in [0.25, 0.3) is 11.1 Å². The van der Waals surface area contributed by atoms with Gasteiger partial charge in [0, 0.05) is 0 Å². The summed E-state index contributed by atoms with van der Waals surface area (Å²) >= 11 is -5.06. The van der Waals surface area contributed by atoms with Crippen molar-refractivity contribution in [1.29, 1.82) is 0 Å². The molecule has 0 bridgehead atoms. The first-order chi connectivity index (χ1) is 22.3. The summed E-state index contributed by atoms with van der Waals surface area (Å²) in [5.41, 5.74) is 14.5. The molecule has 4 aromatic carbocycles. The van der Waals surface area contributed by atoms with Crippen molar-refractivity contribution in [2.75, 3.05) is 0 Å². The molecule has 3 heteroatoms. The number of halogens is 2. The van der Waals surface area contributed by atoms with E-state index in [4.69, 9.17) is 4.21 Å². The Kier molecular flexibility index (Phi) is 10.7. The molecule has 2 aliphatic rings. The molecule has 0 amide bonds. The van der Waals surface area contributed by atoms with Crippen LogP contribution in [0.2, 0.25) is 0 Å². The monoisotopic (exact) mass is 784 g/mol. The van der Waals surface area contributed by atoms with E-state index in [1.54, 1.807) is 12.1 Å². The number of benzene rings is 4. The van der Waals surface area contributed by atoms with Gasteiger partial charge in [0.15, 0.2) is 0 Å². The van der Waals surface area contributed by atoms with Gasteiger partial charge in [0.2, 0.25) is 0 Å². The van der Waals surface area contributed by atoms with Crippen LogP contribution in [0.5, 0.6) is 0 Å². The first-order valence-electron chi connectivity index (χ1n) is 18.1. The Bertz CT molecular complexity index is 1990. The molecule has 0 N–H and O–H groups in total. The minimum absolute atomic E-state index is 0. The van der Waals surface area contributed by atoms with Crippen molar-refractivity contribution < 1.29 is 18.3 Å². The Hall–Kier alpha value is -2.31. The van der Waals surface area contributed by atoms with Gasteiger partial charge in [-0.25, -0.2) is 0 Å². The second-order valence-electron chi connectivity index (χ2n) is 18.2. The molecule has 0 fully saturated rings. The minimum atomic E-state index is -5.06. The van der Waals surface area contributed by atoms with Gasteiger partial charge in [0.1, 0.15) is 0 Å². The SMILES string of the molecule is Cl.Cl.[CH2]=[Zr]([C]1=CC=CC1)([c]1c(C)c(C(C)(C)C)cc2c1Cc1cc(C)c(C(C)(C)C)cc1-2)([C](C)(C)c1ccccc1)[C](C)(C)c1ccccc1. The summed E-state index contributed by atoms with van der Waals surface area (Å²) in [7, 11) is 0. The van der Waals surface area contributed by atoms with E-state index in [0.717, 1.165) is 12.8 Å². The zero-order valence-electron chi connectivity index (χ0n) is 32.7. The van der Waals surface area contributed by atoms with Gasteiger partial charge in [-0.3, -0.25) is 0 Å². The quantitative estimate of drug-likeness (QED) is 0.161. The van der Waals surface area contributed by atoms with Crippen LogP contribution in [-0.2, 0) is 41.8 Å². The normalized spacial score (nSPS) is 14.8. The topological polar surface area (TPSA) is 0 Å². The van der Waals surface area contributed by atoms with E-state index in [9.17, 15) is 0 Å². The second-order valence-corrected chi connectivity index (χ2v) is 34.3. The molecule has 0 spiro atoms. The molecular weight excluding hydrogens is 727 g/mol. The van der Waals surface area contributed by atoms with Gasteiger partial charge < -0.3 is 0 Å². The van der Waals surface area contributed by atoms with Crippen molar-refractivity contribution in [2.45, 2.75) is 113 Å². The molecular formula is C47H60Cl2Zr. The predicted molar refractivity (Wildman–Crippen MR) is 224 cm³/mol. The molecule has 0 saturated carbocycles. The van der Waals surface area contributed by atoms with Gasteiger partial charge >= 0.3 is 295 Å². The molecule has 0 aliphatic heterocycles. The number of fused-ring (bicyclic) bond motifs is 3. The number of rotatable bonds is 6. The van der Waals surface area contributed by atoms with Crippen LogP contribution in [0.15, 0.2) is 100 Å². The van der Waals surface area contributed by atoms with Gasteiger partial charge in [0.05, 0.1) is 0 Å². The van der Waals surface area contributed by atoms with Crippen LogP contribution in [-0.4, -0.2) is 4.21 Å². The maximum absolute atomic E-state index is 6.05. The third-order valence-electron chi connectivity index (χ3n) is 13.2. The van der Waals surface area contributed by atoms with Gasteiger partial charge in [-0.05, 0) is 0 Å². The summed E-state index contributed by atoms with van der Waals surface area (Å²) in [6, 6.07) is 30.5. The van der Waals surface area contributed by atoms with Crippen molar-refractivity contribution in [3.63, 3.8) is 0 Å². The summed E-state index contributed by atoms with van der Waals surface area (Å²) in [5, 5.41) is 0. The fourth-order valence-corrected chi connectivity index (χ4v) is 33.2. The van der Waals surface area contributed by atoms with Gasteiger partial charge in [0.25, 0.3) is 0 Å². The molecule has 0 saturated heterocycles. The zero-order valence-corrected chi connectivity index (χ0v) is 36.8. The Morgan fingerprint density at radius 2 is 1.10 bits per heavy atom. The van der Waals surface area contributed by atoms with Crippen LogP contribution in [0.3, 0.4) is 0 Å². The summed E-state index contributed by atoms with van der Waals surface area (Å²) in [4.78, 5) is 0. The molecule has 6 rings (SSSR count). The molecule has 4 aromatic rings. The van der Waals surface area contributed by atoms with E-state index in [1.807, 2.05) is 0 Å². The summed E-state index contributed by atoms with van der Waals surface area (Å²) in [6.07, 6.45) is 9.16. The molecule has 2 aliphatic carbocycles. The third kappa shape index (κ3) is 5.51. The Morgan fingerprint density at radius 1 is 0.620 bits per heavy atom. The molecule has 0 atom stereocenters. The molecule has 266 valence electrons. The summed E-state index contributed by atoms with van der Waals surface area (Å²) in [5.74, 6) is 0. The van der Waals surface area contributed by atoms with Crippen molar-refractivity contribution in [3.8, 4) is 11.1 Å². The number of hydrogen-bond donors (Lipinski definition) is 0. The van der Waals surface area contributed by atoms with E-state index in [1.165, 1.54) is 50.1 Å². The zero-order chi connectivity index (χ0) is 35.1. The van der Waals surface area contributed by atoms with Gasteiger partial charge in [-0.1, -0.05) is 0 Å². The maximum atomic E-state index is 6.05. The fourth-order valence-electron chi connectivity index (χ4n) is 10.5. The first-order valence-corrected chi connectivity index (χ1v) is 24.7. The van der Waals surface area contributed by atoms with Crippen LogP contribution < -0.4 is 3.27 Å². The third-order valence-corrected chi connectivity index (χ3v) is 37.0. The van der Waals surface area contributed by atoms with Crippen molar-refractivity contribution in [1.82, 2.24) is 0 Å². The van der Waals surface area contributed by atoms with Crippen LogP contribution in [0.4, 0.5) is 0 Å². The first kappa shape index (κ1) is 40.5. The van der Waals surface area contributed by atoms with E-state index >= 15 is 0 Å². The summed E-state index contributed by atoms with van der Waals surface area (Å²) < 4.78 is 8.82. The second kappa shape index (κ2) is 13.3. The van der Waals surface area contributed by atoms with Crippen LogP contribution in [0.1, 0.15) is 120 Å². The van der Waals surface area contributed by atoms with E-state index in [0.29, 0.717) is 0 Å². The standard InChI is InChI=1S/C23H29.2C9H11.C5H5.CH2.2ClH.Zr/c1-14-9-16-11-17-10-15(2)21(23(6,7)8)13-19(17)18(16)12-20(14)22(3,4)5;2*1-8(2)9-6-4-3-5-7-9;1-2-4-5-3-1;;;;/h9,12-13H,11H2,1-8H3;2*3-7H,1-2H3;1-3H,4H2;1H2;2*1H;. The predicted octanol–water partition coefficient (Wildman–Crippen LogP) is 12.8. The Labute approximate surface area is 317 Å². The molecule has 0 radical (unpaired) electrons. The van der Waals surface area contributed by atoms with Gasteiger partial charge in [-0.2, -0.15) is 0 Å². The average Bonchev–Trinajstić information content (AvgIpc) is 3.68. The van der Waals surface area contributed by atoms with Gasteiger partial charge in [-0.15, -0.1) is 24.8 Å². The molecule has 0 nitrogen and oxygen atoms in total. The number of aryl methyl sites for hydroxylation is 1. The molecule has 0 heterocycles. The number of hydrogen-bond acceptors (Lipinski definition) is 0. The van der Waals surface area contributed by atoms with Crippen molar-refractivity contribution in [3.05, 3.63) is 145 Å². The molecule has 50 heavy (non-hydrogen) atoms. The Balaban J connectivity index is 0.00000281. The van der Waals surface area contributed by atoms with Crippen LogP contribution >= 0.6 is 24.8 Å². The fraction of sp³-hybridized carbons (Fsp3) is 0.383. The molecule has 0 aromatic heterocycles. The summed E-state index contributed by atoms with van der Waals surface area (Å²) in [6.45, 7) is 29.4.